The molecule has 8 nitrogen and oxygen atoms in total. The lowest BCUT2D eigenvalue weighted by Gasteiger charge is -2.32. The highest BCUT2D eigenvalue weighted by Crippen LogP contribution is 2.29. The third kappa shape index (κ3) is 6.11. The fourth-order valence-electron chi connectivity index (χ4n) is 3.79. The van der Waals surface area contributed by atoms with Crippen LogP contribution in [0.15, 0.2) is 42.5 Å². The van der Waals surface area contributed by atoms with Crippen LogP contribution in [0.4, 0.5) is 5.69 Å². The summed E-state index contributed by atoms with van der Waals surface area (Å²) in [5.74, 6) is -1.02. The first kappa shape index (κ1) is 24.3. The molecule has 3 rings (SSSR count). The highest BCUT2D eigenvalue weighted by molar-refractivity contribution is 7.93. The van der Waals surface area contributed by atoms with E-state index in [0.29, 0.717) is 41.4 Å². The van der Waals surface area contributed by atoms with Crippen molar-refractivity contribution in [3.63, 3.8) is 0 Å². The van der Waals surface area contributed by atoms with Crippen molar-refractivity contribution in [1.82, 2.24) is 9.80 Å². The summed E-state index contributed by atoms with van der Waals surface area (Å²) in [6.07, 6.45) is 1.63. The Morgan fingerprint density at radius 2 is 1.76 bits per heavy atom. The Labute approximate surface area is 194 Å². The second-order valence-electron chi connectivity index (χ2n) is 8.48. The predicted octanol–water partition coefficient (Wildman–Crippen LogP) is 2.72. The maximum Gasteiger partial charge on any atom is 0.253 e. The molecule has 33 heavy (non-hydrogen) atoms. The average molecular weight is 469 g/mol. The maximum atomic E-state index is 13.1. The fraction of sp³-hybridized carbons (Fsp3) is 0.375. The number of nitriles is 1. The smallest absolute Gasteiger partial charge is 0.253 e. The summed E-state index contributed by atoms with van der Waals surface area (Å²) in [5, 5.41) is 8.95. The molecule has 1 heterocycles. The number of piperidine rings is 1. The van der Waals surface area contributed by atoms with Crippen molar-refractivity contribution >= 4 is 27.5 Å². The molecule has 1 aliphatic heterocycles. The van der Waals surface area contributed by atoms with Crippen LogP contribution in [0, 0.1) is 18.3 Å². The molecular formula is C24H28N4O4S. The largest absolute Gasteiger partial charge is 0.348 e. The molecule has 1 aliphatic rings. The number of rotatable bonds is 6. The summed E-state index contributed by atoms with van der Waals surface area (Å²) < 4.78 is 27.2. The fourth-order valence-corrected chi connectivity index (χ4v) is 5.00. The van der Waals surface area contributed by atoms with Crippen LogP contribution in [0.5, 0.6) is 0 Å². The highest BCUT2D eigenvalue weighted by Gasteiger charge is 2.25. The molecule has 0 spiro atoms. The van der Waals surface area contributed by atoms with E-state index in [9.17, 15) is 18.0 Å². The summed E-state index contributed by atoms with van der Waals surface area (Å²) in [7, 11) is -0.912. The van der Waals surface area contributed by atoms with Gasteiger partial charge in [-0.2, -0.15) is 5.26 Å². The van der Waals surface area contributed by atoms with Gasteiger partial charge >= 0.3 is 0 Å². The second-order valence-corrected chi connectivity index (χ2v) is 10.2. The third-order valence-corrected chi connectivity index (χ3v) is 7.01. The Hall–Kier alpha value is -3.38. The minimum absolute atomic E-state index is 0.155. The molecule has 0 atom stereocenters. The van der Waals surface area contributed by atoms with Gasteiger partial charge in [0.05, 0.1) is 17.3 Å². The predicted molar refractivity (Wildman–Crippen MR) is 126 cm³/mol. The van der Waals surface area contributed by atoms with Crippen LogP contribution in [0.1, 0.15) is 45.8 Å². The standard InChI is InChI=1S/C24H28N4O4S/c1-17-4-7-21(14-22(17)26-33(31,32)16-23(29)27(2)3)24(30)28-12-10-20(11-13-28)19-8-5-18(15-25)6-9-19/h4-9,14,20,26H,10-13,16H2,1-3H3. The molecule has 2 aromatic rings. The SMILES string of the molecule is Cc1ccc(C(=O)N2CCC(c3ccc(C#N)cc3)CC2)cc1NS(=O)(=O)CC(=O)N(C)C. The molecule has 0 aliphatic carbocycles. The Kier molecular flexibility index (Phi) is 7.39. The van der Waals surface area contributed by atoms with E-state index in [1.54, 1.807) is 24.0 Å². The van der Waals surface area contributed by atoms with Crippen molar-refractivity contribution in [2.45, 2.75) is 25.7 Å². The number of sulfonamides is 1. The third-order valence-electron chi connectivity index (χ3n) is 5.86. The van der Waals surface area contributed by atoms with E-state index in [0.717, 1.165) is 12.8 Å². The zero-order valence-corrected chi connectivity index (χ0v) is 19.9. The van der Waals surface area contributed by atoms with Gasteiger partial charge < -0.3 is 9.80 Å². The summed E-state index contributed by atoms with van der Waals surface area (Å²) in [6.45, 7) is 2.93. The van der Waals surface area contributed by atoms with E-state index in [2.05, 4.69) is 10.8 Å². The van der Waals surface area contributed by atoms with E-state index in [1.165, 1.54) is 30.6 Å². The van der Waals surface area contributed by atoms with E-state index < -0.39 is 21.7 Å². The molecule has 2 amide bonds. The van der Waals surface area contributed by atoms with E-state index in [-0.39, 0.29) is 5.91 Å². The number of amides is 2. The molecule has 0 aromatic heterocycles. The van der Waals surface area contributed by atoms with Crippen molar-refractivity contribution in [3.05, 3.63) is 64.7 Å². The number of benzene rings is 2. The van der Waals surface area contributed by atoms with Gasteiger partial charge in [-0.15, -0.1) is 0 Å². The zero-order valence-electron chi connectivity index (χ0n) is 19.0. The Balaban J connectivity index is 1.67. The van der Waals surface area contributed by atoms with Gasteiger partial charge in [0.15, 0.2) is 0 Å². The number of anilines is 1. The first-order chi connectivity index (χ1) is 15.6. The van der Waals surface area contributed by atoms with Crippen molar-refractivity contribution < 1.29 is 18.0 Å². The molecule has 1 N–H and O–H groups in total. The molecule has 1 fully saturated rings. The molecule has 0 saturated carbocycles. The highest BCUT2D eigenvalue weighted by atomic mass is 32.2. The zero-order chi connectivity index (χ0) is 24.2. The minimum Gasteiger partial charge on any atom is -0.348 e. The summed E-state index contributed by atoms with van der Waals surface area (Å²) >= 11 is 0. The summed E-state index contributed by atoms with van der Waals surface area (Å²) in [5.41, 5.74) is 3.14. The molecule has 0 unspecified atom stereocenters. The summed E-state index contributed by atoms with van der Waals surface area (Å²) in [4.78, 5) is 27.9. The van der Waals surface area contributed by atoms with Crippen LogP contribution in [0.25, 0.3) is 0 Å². The number of carbonyl (C=O) groups excluding carboxylic acids is 2. The number of aryl methyl sites for hydroxylation is 1. The average Bonchev–Trinajstić information content (AvgIpc) is 2.79. The lowest BCUT2D eigenvalue weighted by atomic mass is 9.89. The maximum absolute atomic E-state index is 13.1. The first-order valence-electron chi connectivity index (χ1n) is 10.7. The summed E-state index contributed by atoms with van der Waals surface area (Å²) in [6, 6.07) is 14.6. The van der Waals surface area contributed by atoms with Crippen molar-refractivity contribution in [1.29, 1.82) is 5.26 Å². The molecule has 2 aromatic carbocycles. The van der Waals surface area contributed by atoms with Crippen LogP contribution in [0.2, 0.25) is 0 Å². The molecule has 0 radical (unpaired) electrons. The number of hydrogen-bond acceptors (Lipinski definition) is 5. The minimum atomic E-state index is -3.90. The van der Waals surface area contributed by atoms with Gasteiger partial charge in [0.2, 0.25) is 15.9 Å². The number of nitrogens with one attached hydrogen (secondary N) is 1. The van der Waals surface area contributed by atoms with Gasteiger partial charge in [-0.3, -0.25) is 14.3 Å². The quantitative estimate of drug-likeness (QED) is 0.701. The Morgan fingerprint density at radius 3 is 2.33 bits per heavy atom. The normalized spacial score (nSPS) is 14.4. The molecule has 1 saturated heterocycles. The van der Waals surface area contributed by atoms with Gasteiger partial charge in [0.25, 0.3) is 5.91 Å². The van der Waals surface area contributed by atoms with Crippen molar-refractivity contribution in [2.24, 2.45) is 0 Å². The van der Waals surface area contributed by atoms with Gasteiger partial charge in [-0.1, -0.05) is 18.2 Å². The van der Waals surface area contributed by atoms with Gasteiger partial charge in [-0.25, -0.2) is 8.42 Å². The van der Waals surface area contributed by atoms with Gasteiger partial charge in [0, 0.05) is 32.7 Å². The van der Waals surface area contributed by atoms with Gasteiger partial charge in [0.1, 0.15) is 5.75 Å². The number of carbonyl (C=O) groups is 2. The monoisotopic (exact) mass is 468 g/mol. The second kappa shape index (κ2) is 10.0. The van der Waals surface area contributed by atoms with Crippen LogP contribution in [-0.2, 0) is 14.8 Å². The molecule has 0 bridgehead atoms. The first-order valence-corrected chi connectivity index (χ1v) is 12.4. The van der Waals surface area contributed by atoms with E-state index in [1.807, 2.05) is 24.3 Å². The van der Waals surface area contributed by atoms with Gasteiger partial charge in [-0.05, 0) is 61.1 Å². The van der Waals surface area contributed by atoms with Crippen LogP contribution >= 0.6 is 0 Å². The molecular weight excluding hydrogens is 440 g/mol. The Bertz CT molecular complexity index is 1180. The topological polar surface area (TPSA) is 111 Å². The molecule has 174 valence electrons. The van der Waals surface area contributed by atoms with Crippen LogP contribution in [-0.4, -0.2) is 63.0 Å². The van der Waals surface area contributed by atoms with E-state index >= 15 is 0 Å². The molecule has 9 heteroatoms. The van der Waals surface area contributed by atoms with Crippen molar-refractivity contribution in [2.75, 3.05) is 37.7 Å². The number of hydrogen-bond donors (Lipinski definition) is 1. The lowest BCUT2D eigenvalue weighted by molar-refractivity contribution is -0.125. The van der Waals surface area contributed by atoms with Crippen LogP contribution in [0.3, 0.4) is 0 Å². The number of nitrogens with zero attached hydrogens (tertiary/aromatic N) is 3. The lowest BCUT2D eigenvalue weighted by Crippen LogP contribution is -2.38. The number of likely N-dealkylation sites (tertiary alicyclic amines) is 1. The Morgan fingerprint density at radius 1 is 1.12 bits per heavy atom. The van der Waals surface area contributed by atoms with Crippen LogP contribution < -0.4 is 4.72 Å². The van der Waals surface area contributed by atoms with Crippen molar-refractivity contribution in [3.8, 4) is 6.07 Å². The van der Waals surface area contributed by atoms with E-state index in [4.69, 9.17) is 5.26 Å².